The average Bonchev–Trinajstić information content (AvgIpc) is 2.23. The molecule has 2 aliphatic rings. The van der Waals surface area contributed by atoms with Crippen LogP contribution in [0.25, 0.3) is 0 Å². The minimum Gasteiger partial charge on any atom is -0.325 e. The zero-order chi connectivity index (χ0) is 12.5. The van der Waals surface area contributed by atoms with Crippen molar-refractivity contribution < 1.29 is 0 Å². The topological polar surface area (TPSA) is 29.3 Å². The molecule has 0 aromatic heterocycles. The normalized spacial score (nSPS) is 25.3. The van der Waals surface area contributed by atoms with Gasteiger partial charge in [0.25, 0.3) is 0 Å². The van der Waals surface area contributed by atoms with Crippen LogP contribution in [0.15, 0.2) is 11.6 Å². The third-order valence-corrected chi connectivity index (χ3v) is 4.53. The SMILES string of the molecule is CC(C)(C)C1=CCN(CCC2(N)CCC2)CC1. The van der Waals surface area contributed by atoms with E-state index in [1.54, 1.807) is 5.57 Å². The summed E-state index contributed by atoms with van der Waals surface area (Å²) in [5, 5.41) is 0. The van der Waals surface area contributed by atoms with Gasteiger partial charge in [0.05, 0.1) is 0 Å². The Morgan fingerprint density at radius 1 is 1.35 bits per heavy atom. The van der Waals surface area contributed by atoms with Crippen molar-refractivity contribution in [2.24, 2.45) is 11.1 Å². The van der Waals surface area contributed by atoms with E-state index in [0.717, 1.165) is 6.54 Å². The molecule has 98 valence electrons. The Hall–Kier alpha value is -0.340. The van der Waals surface area contributed by atoms with E-state index in [1.165, 1.54) is 45.2 Å². The number of hydrogen-bond acceptors (Lipinski definition) is 2. The monoisotopic (exact) mass is 236 g/mol. The lowest BCUT2D eigenvalue weighted by Gasteiger charge is -2.40. The molecule has 1 heterocycles. The highest BCUT2D eigenvalue weighted by Gasteiger charge is 2.32. The van der Waals surface area contributed by atoms with Gasteiger partial charge in [0.2, 0.25) is 0 Å². The summed E-state index contributed by atoms with van der Waals surface area (Å²) in [5.74, 6) is 0. The molecule has 2 nitrogen and oxygen atoms in total. The van der Waals surface area contributed by atoms with E-state index in [2.05, 4.69) is 31.7 Å². The van der Waals surface area contributed by atoms with Crippen LogP contribution < -0.4 is 5.73 Å². The van der Waals surface area contributed by atoms with Crippen LogP contribution >= 0.6 is 0 Å². The summed E-state index contributed by atoms with van der Waals surface area (Å²) in [6, 6.07) is 0. The molecule has 2 rings (SSSR count). The van der Waals surface area contributed by atoms with Gasteiger partial charge in [0.15, 0.2) is 0 Å². The quantitative estimate of drug-likeness (QED) is 0.763. The Labute approximate surface area is 106 Å². The van der Waals surface area contributed by atoms with Gasteiger partial charge in [-0.05, 0) is 37.5 Å². The van der Waals surface area contributed by atoms with E-state index in [-0.39, 0.29) is 5.54 Å². The molecule has 1 aliphatic heterocycles. The molecule has 0 aromatic carbocycles. The molecule has 1 aliphatic carbocycles. The lowest BCUT2D eigenvalue weighted by Crippen LogP contribution is -2.49. The van der Waals surface area contributed by atoms with Gasteiger partial charge < -0.3 is 5.73 Å². The number of nitrogens with zero attached hydrogens (tertiary/aromatic N) is 1. The van der Waals surface area contributed by atoms with E-state index < -0.39 is 0 Å². The molecule has 0 amide bonds. The van der Waals surface area contributed by atoms with Gasteiger partial charge >= 0.3 is 0 Å². The fourth-order valence-corrected chi connectivity index (χ4v) is 2.86. The molecular formula is C15H28N2. The van der Waals surface area contributed by atoms with Crippen molar-refractivity contribution >= 4 is 0 Å². The molecule has 0 spiro atoms. The summed E-state index contributed by atoms with van der Waals surface area (Å²) >= 11 is 0. The van der Waals surface area contributed by atoms with Crippen molar-refractivity contribution in [3.8, 4) is 0 Å². The van der Waals surface area contributed by atoms with Gasteiger partial charge in [-0.15, -0.1) is 0 Å². The maximum atomic E-state index is 6.27. The van der Waals surface area contributed by atoms with Crippen LogP contribution in [-0.2, 0) is 0 Å². The highest BCUT2D eigenvalue weighted by atomic mass is 15.1. The molecule has 0 atom stereocenters. The number of nitrogens with two attached hydrogens (primary N) is 1. The van der Waals surface area contributed by atoms with Crippen LogP contribution in [0.2, 0.25) is 0 Å². The van der Waals surface area contributed by atoms with E-state index in [4.69, 9.17) is 5.73 Å². The lowest BCUT2D eigenvalue weighted by molar-refractivity contribution is 0.184. The Morgan fingerprint density at radius 2 is 2.06 bits per heavy atom. The van der Waals surface area contributed by atoms with Crippen LogP contribution in [0.5, 0.6) is 0 Å². The fourth-order valence-electron chi connectivity index (χ4n) is 2.86. The van der Waals surface area contributed by atoms with Crippen LogP contribution in [0.1, 0.15) is 52.9 Å². The minimum atomic E-state index is 0.189. The highest BCUT2D eigenvalue weighted by Crippen LogP contribution is 2.33. The van der Waals surface area contributed by atoms with Crippen LogP contribution in [-0.4, -0.2) is 30.1 Å². The van der Waals surface area contributed by atoms with E-state index in [1.807, 2.05) is 0 Å². The van der Waals surface area contributed by atoms with E-state index in [9.17, 15) is 0 Å². The first-order valence-corrected chi connectivity index (χ1v) is 7.10. The summed E-state index contributed by atoms with van der Waals surface area (Å²) < 4.78 is 0. The Morgan fingerprint density at radius 3 is 2.47 bits per heavy atom. The van der Waals surface area contributed by atoms with Gasteiger partial charge in [0.1, 0.15) is 0 Å². The van der Waals surface area contributed by atoms with Crippen LogP contribution in [0.4, 0.5) is 0 Å². The second-order valence-corrected chi connectivity index (χ2v) is 7.00. The first-order chi connectivity index (χ1) is 7.89. The average molecular weight is 236 g/mol. The molecule has 2 N–H and O–H groups in total. The molecule has 17 heavy (non-hydrogen) atoms. The third-order valence-electron chi connectivity index (χ3n) is 4.53. The highest BCUT2D eigenvalue weighted by molar-refractivity contribution is 5.14. The number of rotatable bonds is 3. The molecule has 0 radical (unpaired) electrons. The summed E-state index contributed by atoms with van der Waals surface area (Å²) in [5.41, 5.74) is 8.44. The van der Waals surface area contributed by atoms with Gasteiger partial charge in [-0.2, -0.15) is 0 Å². The Bertz CT molecular complexity index is 295. The van der Waals surface area contributed by atoms with Gasteiger partial charge in [-0.1, -0.05) is 32.4 Å². The predicted molar refractivity (Wildman–Crippen MR) is 74.0 cm³/mol. The molecular weight excluding hydrogens is 208 g/mol. The zero-order valence-corrected chi connectivity index (χ0v) is 11.8. The first-order valence-electron chi connectivity index (χ1n) is 7.10. The zero-order valence-electron chi connectivity index (χ0n) is 11.8. The third kappa shape index (κ3) is 3.32. The maximum absolute atomic E-state index is 6.27. The molecule has 2 heteroatoms. The summed E-state index contributed by atoms with van der Waals surface area (Å²) in [6.45, 7) is 10.5. The maximum Gasteiger partial charge on any atom is 0.0166 e. The molecule has 0 aromatic rings. The van der Waals surface area contributed by atoms with Gasteiger partial charge in [0, 0.05) is 25.2 Å². The summed E-state index contributed by atoms with van der Waals surface area (Å²) in [4.78, 5) is 2.56. The van der Waals surface area contributed by atoms with Crippen molar-refractivity contribution in [2.75, 3.05) is 19.6 Å². The smallest absolute Gasteiger partial charge is 0.0166 e. The molecule has 1 saturated carbocycles. The van der Waals surface area contributed by atoms with E-state index in [0.29, 0.717) is 5.41 Å². The Kier molecular flexibility index (Phi) is 3.65. The van der Waals surface area contributed by atoms with Gasteiger partial charge in [-0.25, -0.2) is 0 Å². The predicted octanol–water partition coefficient (Wildman–Crippen LogP) is 2.94. The molecule has 1 fully saturated rings. The molecule has 0 bridgehead atoms. The standard InChI is InChI=1S/C15H28N2/c1-14(2,3)13-5-10-17(11-6-13)12-9-15(16)7-4-8-15/h5H,4,6-12,16H2,1-3H3. The summed E-state index contributed by atoms with van der Waals surface area (Å²) in [6.07, 6.45) is 8.68. The van der Waals surface area contributed by atoms with Gasteiger partial charge in [-0.3, -0.25) is 4.90 Å². The second kappa shape index (κ2) is 4.74. The first kappa shape index (κ1) is 13.1. The van der Waals surface area contributed by atoms with Crippen molar-refractivity contribution in [3.05, 3.63) is 11.6 Å². The number of hydrogen-bond donors (Lipinski definition) is 1. The summed E-state index contributed by atoms with van der Waals surface area (Å²) in [7, 11) is 0. The van der Waals surface area contributed by atoms with Crippen molar-refractivity contribution in [1.82, 2.24) is 4.90 Å². The lowest BCUT2D eigenvalue weighted by atomic mass is 9.75. The van der Waals surface area contributed by atoms with Crippen molar-refractivity contribution in [1.29, 1.82) is 0 Å². The van der Waals surface area contributed by atoms with E-state index >= 15 is 0 Å². The second-order valence-electron chi connectivity index (χ2n) is 7.00. The minimum absolute atomic E-state index is 0.189. The van der Waals surface area contributed by atoms with Crippen molar-refractivity contribution in [3.63, 3.8) is 0 Å². The van der Waals surface area contributed by atoms with Crippen LogP contribution in [0, 0.1) is 5.41 Å². The van der Waals surface area contributed by atoms with Crippen LogP contribution in [0.3, 0.4) is 0 Å². The van der Waals surface area contributed by atoms with Crippen molar-refractivity contribution in [2.45, 2.75) is 58.4 Å². The largest absolute Gasteiger partial charge is 0.325 e. The Balaban J connectivity index is 1.77. The molecule has 0 unspecified atom stereocenters. The molecule has 0 saturated heterocycles. The fraction of sp³-hybridized carbons (Fsp3) is 0.867.